The Bertz CT molecular complexity index is 1670. The van der Waals surface area contributed by atoms with E-state index in [0.717, 1.165) is 21.8 Å². The first-order valence-electron chi connectivity index (χ1n) is 10.1. The lowest BCUT2D eigenvalue weighted by atomic mass is 10.0. The second-order valence-electron chi connectivity index (χ2n) is 7.39. The van der Waals surface area contributed by atoms with Crippen molar-refractivity contribution in [2.45, 2.75) is 0 Å². The summed E-state index contributed by atoms with van der Waals surface area (Å²) in [6, 6.07) is 24.2. The standard InChI is InChI=1S/C26H16N4O3/c27-14-17(25(28)31)12-18-15-30(19-7-2-1-3-8-19)29-24(18)22-13-21-20-9-5-4-6-16(20)10-11-23(21)33-26(22)32/h1-13,15H,(H2,28,31)/b17-12+. The second-order valence-corrected chi connectivity index (χ2v) is 7.39. The van der Waals surface area contributed by atoms with Gasteiger partial charge in [-0.05, 0) is 41.1 Å². The quantitative estimate of drug-likeness (QED) is 0.198. The van der Waals surface area contributed by atoms with Crippen LogP contribution in [0.3, 0.4) is 0 Å². The van der Waals surface area contributed by atoms with Crippen molar-refractivity contribution in [2.24, 2.45) is 5.73 Å². The predicted molar refractivity (Wildman–Crippen MR) is 125 cm³/mol. The number of para-hydroxylation sites is 1. The second kappa shape index (κ2) is 7.94. The SMILES string of the molecule is N#C/C(=C\c1cn(-c2ccccc2)nc1-c1cc2c(ccc3ccccc32)oc1=O)C(N)=O. The molecule has 0 atom stereocenters. The van der Waals surface area contributed by atoms with Crippen LogP contribution < -0.4 is 11.4 Å². The number of aromatic nitrogens is 2. The van der Waals surface area contributed by atoms with E-state index >= 15 is 0 Å². The third kappa shape index (κ3) is 3.56. The lowest BCUT2D eigenvalue weighted by Gasteiger charge is -2.05. The fourth-order valence-corrected chi connectivity index (χ4v) is 3.77. The van der Waals surface area contributed by atoms with Gasteiger partial charge >= 0.3 is 5.63 Å². The molecule has 0 saturated carbocycles. The van der Waals surface area contributed by atoms with Crippen molar-refractivity contribution >= 4 is 33.7 Å². The molecule has 2 aromatic heterocycles. The number of benzene rings is 3. The number of primary amides is 1. The van der Waals surface area contributed by atoms with Gasteiger partial charge in [-0.3, -0.25) is 4.79 Å². The Labute approximate surface area is 187 Å². The molecule has 0 fully saturated rings. The van der Waals surface area contributed by atoms with E-state index in [1.165, 1.54) is 6.08 Å². The van der Waals surface area contributed by atoms with Gasteiger partial charge in [0.1, 0.15) is 22.9 Å². The smallest absolute Gasteiger partial charge is 0.345 e. The van der Waals surface area contributed by atoms with Crippen LogP contribution >= 0.6 is 0 Å². The first kappa shape index (κ1) is 20.0. The summed E-state index contributed by atoms with van der Waals surface area (Å²) in [6.45, 7) is 0. The number of nitriles is 1. The van der Waals surface area contributed by atoms with E-state index in [2.05, 4.69) is 5.10 Å². The van der Waals surface area contributed by atoms with E-state index in [0.29, 0.717) is 11.1 Å². The number of carbonyl (C=O) groups excluding carboxylic acids is 1. The van der Waals surface area contributed by atoms with Crippen LogP contribution in [0, 0.1) is 11.3 Å². The molecule has 0 bridgehead atoms. The normalized spacial score (nSPS) is 11.5. The highest BCUT2D eigenvalue weighted by Crippen LogP contribution is 2.30. The Morgan fingerprint density at radius 2 is 1.79 bits per heavy atom. The minimum absolute atomic E-state index is 0.210. The zero-order chi connectivity index (χ0) is 22.9. The van der Waals surface area contributed by atoms with Crippen molar-refractivity contribution in [3.63, 3.8) is 0 Å². The lowest BCUT2D eigenvalue weighted by molar-refractivity contribution is -0.114. The Kier molecular flexibility index (Phi) is 4.81. The Hall–Kier alpha value is -4.96. The number of nitrogens with zero attached hydrogens (tertiary/aromatic N) is 3. The van der Waals surface area contributed by atoms with Crippen LogP contribution in [-0.4, -0.2) is 15.7 Å². The molecule has 0 saturated heterocycles. The van der Waals surface area contributed by atoms with E-state index in [9.17, 15) is 14.9 Å². The van der Waals surface area contributed by atoms with Gasteiger partial charge in [0, 0.05) is 17.1 Å². The molecule has 158 valence electrons. The minimum atomic E-state index is -0.868. The van der Waals surface area contributed by atoms with Gasteiger partial charge in [-0.1, -0.05) is 48.5 Å². The topological polar surface area (TPSA) is 115 Å². The number of nitrogens with two attached hydrogens (primary N) is 1. The zero-order valence-electron chi connectivity index (χ0n) is 17.2. The van der Waals surface area contributed by atoms with Gasteiger partial charge in [0.2, 0.25) is 0 Å². The largest absolute Gasteiger partial charge is 0.422 e. The molecule has 1 amide bonds. The monoisotopic (exact) mass is 432 g/mol. The van der Waals surface area contributed by atoms with Gasteiger partial charge in [-0.25, -0.2) is 9.48 Å². The highest BCUT2D eigenvalue weighted by molar-refractivity contribution is 6.06. The van der Waals surface area contributed by atoms with Crippen LogP contribution in [0.1, 0.15) is 5.56 Å². The third-order valence-corrected chi connectivity index (χ3v) is 5.35. The van der Waals surface area contributed by atoms with Crippen molar-refractivity contribution in [2.75, 3.05) is 0 Å². The summed E-state index contributed by atoms with van der Waals surface area (Å²) >= 11 is 0. The van der Waals surface area contributed by atoms with Gasteiger partial charge < -0.3 is 10.2 Å². The molecule has 0 unspecified atom stereocenters. The maximum atomic E-state index is 13.0. The van der Waals surface area contributed by atoms with Gasteiger partial charge in [0.15, 0.2) is 0 Å². The van der Waals surface area contributed by atoms with E-state index in [-0.39, 0.29) is 16.8 Å². The van der Waals surface area contributed by atoms with Crippen LogP contribution in [0.25, 0.3) is 44.8 Å². The van der Waals surface area contributed by atoms with Crippen LogP contribution in [0.2, 0.25) is 0 Å². The molecule has 0 aliphatic carbocycles. The van der Waals surface area contributed by atoms with Crippen molar-refractivity contribution in [1.29, 1.82) is 5.26 Å². The van der Waals surface area contributed by atoms with Crippen molar-refractivity contribution in [3.8, 4) is 23.0 Å². The molecule has 5 rings (SSSR count). The number of hydrogen-bond donors (Lipinski definition) is 1. The highest BCUT2D eigenvalue weighted by Gasteiger charge is 2.18. The van der Waals surface area contributed by atoms with Crippen LogP contribution in [-0.2, 0) is 4.79 Å². The summed E-state index contributed by atoms with van der Waals surface area (Å²) in [4.78, 5) is 24.6. The first-order chi connectivity index (χ1) is 16.0. The van der Waals surface area contributed by atoms with Crippen LogP contribution in [0.5, 0.6) is 0 Å². The van der Waals surface area contributed by atoms with Crippen molar-refractivity contribution in [1.82, 2.24) is 9.78 Å². The molecule has 0 aliphatic rings. The fraction of sp³-hybridized carbons (Fsp3) is 0. The number of fused-ring (bicyclic) bond motifs is 3. The summed E-state index contributed by atoms with van der Waals surface area (Å²) in [5.74, 6) is -0.868. The summed E-state index contributed by atoms with van der Waals surface area (Å²) in [5.41, 5.74) is 6.57. The molecule has 0 radical (unpaired) electrons. The van der Waals surface area contributed by atoms with E-state index in [1.807, 2.05) is 60.7 Å². The molecular formula is C26H16N4O3. The highest BCUT2D eigenvalue weighted by atomic mass is 16.4. The average Bonchev–Trinajstić information content (AvgIpc) is 3.26. The van der Waals surface area contributed by atoms with E-state index in [4.69, 9.17) is 10.2 Å². The molecular weight excluding hydrogens is 416 g/mol. The Morgan fingerprint density at radius 3 is 2.55 bits per heavy atom. The van der Waals surface area contributed by atoms with Crippen LogP contribution in [0.4, 0.5) is 0 Å². The first-order valence-corrected chi connectivity index (χ1v) is 10.1. The molecule has 7 nitrogen and oxygen atoms in total. The van der Waals surface area contributed by atoms with Crippen molar-refractivity contribution in [3.05, 3.63) is 101 Å². The molecule has 2 heterocycles. The Morgan fingerprint density at radius 1 is 1.03 bits per heavy atom. The molecule has 0 spiro atoms. The van der Waals surface area contributed by atoms with Crippen LogP contribution in [0.15, 0.2) is 93.8 Å². The van der Waals surface area contributed by atoms with Gasteiger partial charge in [0.05, 0.1) is 11.3 Å². The maximum absolute atomic E-state index is 13.0. The number of rotatable bonds is 4. The summed E-state index contributed by atoms with van der Waals surface area (Å²) < 4.78 is 7.20. The molecule has 2 N–H and O–H groups in total. The predicted octanol–water partition coefficient (Wildman–Crippen LogP) is 4.19. The van der Waals surface area contributed by atoms with Gasteiger partial charge in [0.25, 0.3) is 5.91 Å². The molecule has 33 heavy (non-hydrogen) atoms. The zero-order valence-corrected chi connectivity index (χ0v) is 17.2. The van der Waals surface area contributed by atoms with E-state index < -0.39 is 11.5 Å². The molecule has 0 aliphatic heterocycles. The van der Waals surface area contributed by atoms with Crippen molar-refractivity contribution < 1.29 is 9.21 Å². The maximum Gasteiger partial charge on any atom is 0.345 e. The molecule has 3 aromatic carbocycles. The summed E-state index contributed by atoms with van der Waals surface area (Å²) in [6.07, 6.45) is 2.97. The summed E-state index contributed by atoms with van der Waals surface area (Å²) in [5, 5.41) is 16.6. The van der Waals surface area contributed by atoms with Gasteiger partial charge in [-0.15, -0.1) is 0 Å². The summed E-state index contributed by atoms with van der Waals surface area (Å²) in [7, 11) is 0. The fourth-order valence-electron chi connectivity index (χ4n) is 3.77. The lowest BCUT2D eigenvalue weighted by Crippen LogP contribution is -2.12. The Balaban J connectivity index is 1.81. The van der Waals surface area contributed by atoms with Gasteiger partial charge in [-0.2, -0.15) is 10.4 Å². The number of hydrogen-bond acceptors (Lipinski definition) is 5. The average molecular weight is 432 g/mol. The molecule has 5 aromatic rings. The van der Waals surface area contributed by atoms with E-state index in [1.54, 1.807) is 29.1 Å². The molecule has 7 heteroatoms. The number of amides is 1. The third-order valence-electron chi connectivity index (χ3n) is 5.35. The minimum Gasteiger partial charge on any atom is -0.422 e. The number of carbonyl (C=O) groups is 1.